The second kappa shape index (κ2) is 56.3. The Bertz CT molecular complexity index is 258. The Morgan fingerprint density at radius 2 is 1.24 bits per heavy atom. The summed E-state index contributed by atoms with van der Waals surface area (Å²) in [4.78, 5) is 10.9. The fourth-order valence-electron chi connectivity index (χ4n) is 0.927. The predicted molar refractivity (Wildman–Crippen MR) is 129 cm³/mol. The molecule has 5 nitrogen and oxygen atoms in total. The molecule has 0 aliphatic carbocycles. The molecule has 0 bridgehead atoms. The van der Waals surface area contributed by atoms with Crippen molar-refractivity contribution in [2.24, 2.45) is 5.92 Å². The number of ether oxygens (including phenoxy) is 2. The van der Waals surface area contributed by atoms with Crippen LogP contribution in [-0.2, 0) is 14.3 Å². The molecule has 0 saturated heterocycles. The SMILES string of the molecule is C=CC.C=CC.C=CC.CCCCOC(=O)CC(C)C.CCOCC.OCCO. The quantitative estimate of drug-likeness (QED) is 0.287. The smallest absolute Gasteiger partial charge is 0.306 e. The van der Waals surface area contributed by atoms with Crippen molar-refractivity contribution in [1.82, 2.24) is 0 Å². The second-order valence-electron chi connectivity index (χ2n) is 5.63. The predicted octanol–water partition coefficient (Wildman–Crippen LogP) is 5.97. The van der Waals surface area contributed by atoms with Gasteiger partial charge in [-0.1, -0.05) is 45.4 Å². The maximum Gasteiger partial charge on any atom is 0.306 e. The third-order valence-corrected chi connectivity index (χ3v) is 1.84. The molecule has 0 spiro atoms. The van der Waals surface area contributed by atoms with Gasteiger partial charge in [0.1, 0.15) is 0 Å². The molecule has 0 aromatic rings. The third-order valence-electron chi connectivity index (χ3n) is 1.84. The highest BCUT2D eigenvalue weighted by atomic mass is 16.5. The van der Waals surface area contributed by atoms with Gasteiger partial charge in [-0.25, -0.2) is 0 Å². The van der Waals surface area contributed by atoms with Gasteiger partial charge in [-0.05, 0) is 47.0 Å². The Hall–Kier alpha value is -1.43. The van der Waals surface area contributed by atoms with E-state index in [4.69, 9.17) is 19.7 Å². The molecule has 0 aromatic carbocycles. The zero-order chi connectivity index (χ0) is 24.3. The van der Waals surface area contributed by atoms with Crippen LogP contribution >= 0.6 is 0 Å². The lowest BCUT2D eigenvalue weighted by atomic mass is 10.1. The first-order valence-electron chi connectivity index (χ1n) is 10.4. The van der Waals surface area contributed by atoms with Crippen molar-refractivity contribution >= 4 is 5.97 Å². The standard InChI is InChI=1S/C9H18O2.C4H10O.3C3H6.C2H6O2/c1-4-5-6-11-9(10)7-8(2)3;1-3-5-4-2;3*1-3-2;3-1-2-4/h8H,4-7H2,1-3H3;3-4H2,1-2H3;3*3H,1H2,2H3;3-4H,1-2H2. The maximum atomic E-state index is 10.9. The van der Waals surface area contributed by atoms with Crippen molar-refractivity contribution < 1.29 is 24.5 Å². The van der Waals surface area contributed by atoms with Crippen molar-refractivity contribution in [2.75, 3.05) is 33.0 Å². The van der Waals surface area contributed by atoms with E-state index in [1.54, 1.807) is 18.2 Å². The zero-order valence-electron chi connectivity index (χ0n) is 20.7. The molecule has 0 aliphatic heterocycles. The molecular formula is C24H52O5. The number of allylic oxidation sites excluding steroid dienone is 3. The van der Waals surface area contributed by atoms with Crippen molar-refractivity contribution in [2.45, 2.75) is 74.7 Å². The number of aliphatic hydroxyl groups is 2. The first-order chi connectivity index (χ1) is 13.7. The molecule has 0 unspecified atom stereocenters. The highest BCUT2D eigenvalue weighted by Gasteiger charge is 2.04. The average Bonchev–Trinajstić information content (AvgIpc) is 2.65. The fraction of sp³-hybridized carbons (Fsp3) is 0.708. The van der Waals surface area contributed by atoms with E-state index in [-0.39, 0.29) is 19.2 Å². The van der Waals surface area contributed by atoms with Crippen molar-refractivity contribution in [3.63, 3.8) is 0 Å². The molecule has 0 saturated carbocycles. The molecule has 0 fully saturated rings. The van der Waals surface area contributed by atoms with E-state index in [0.29, 0.717) is 18.9 Å². The van der Waals surface area contributed by atoms with Crippen molar-refractivity contribution in [1.29, 1.82) is 0 Å². The van der Waals surface area contributed by atoms with Gasteiger partial charge in [0, 0.05) is 19.6 Å². The molecule has 0 aliphatic rings. The van der Waals surface area contributed by atoms with Crippen LogP contribution < -0.4 is 0 Å². The van der Waals surface area contributed by atoms with Gasteiger partial charge >= 0.3 is 5.97 Å². The number of unbranched alkanes of at least 4 members (excludes halogenated alkanes) is 1. The Kier molecular flexibility index (Phi) is 81.2. The number of carbonyl (C=O) groups excluding carboxylic acids is 1. The minimum Gasteiger partial charge on any atom is -0.466 e. The number of aliphatic hydroxyl groups excluding tert-OH is 2. The highest BCUT2D eigenvalue weighted by Crippen LogP contribution is 2.01. The van der Waals surface area contributed by atoms with Crippen LogP contribution in [0.1, 0.15) is 74.7 Å². The molecule has 0 rings (SSSR count). The van der Waals surface area contributed by atoms with E-state index in [1.165, 1.54) is 0 Å². The lowest BCUT2D eigenvalue weighted by Gasteiger charge is -2.04. The van der Waals surface area contributed by atoms with Gasteiger partial charge < -0.3 is 19.7 Å². The van der Waals surface area contributed by atoms with Crippen LogP contribution in [0.5, 0.6) is 0 Å². The van der Waals surface area contributed by atoms with Crippen LogP contribution in [-0.4, -0.2) is 49.2 Å². The molecule has 0 heterocycles. The molecule has 5 heteroatoms. The van der Waals surface area contributed by atoms with Gasteiger partial charge in [-0.3, -0.25) is 4.79 Å². The monoisotopic (exact) mass is 420 g/mol. The zero-order valence-corrected chi connectivity index (χ0v) is 20.7. The van der Waals surface area contributed by atoms with E-state index in [2.05, 4.69) is 26.7 Å². The second-order valence-corrected chi connectivity index (χ2v) is 5.63. The lowest BCUT2D eigenvalue weighted by molar-refractivity contribution is -0.144. The highest BCUT2D eigenvalue weighted by molar-refractivity contribution is 5.69. The summed E-state index contributed by atoms with van der Waals surface area (Å²) < 4.78 is 9.79. The van der Waals surface area contributed by atoms with Gasteiger partial charge in [0.2, 0.25) is 0 Å². The van der Waals surface area contributed by atoms with E-state index < -0.39 is 0 Å². The molecule has 0 aromatic heterocycles. The van der Waals surface area contributed by atoms with Gasteiger partial charge in [0.15, 0.2) is 0 Å². The molecule has 178 valence electrons. The van der Waals surface area contributed by atoms with Gasteiger partial charge in [-0.2, -0.15) is 0 Å². The summed E-state index contributed by atoms with van der Waals surface area (Å²) in [6.45, 7) is 27.9. The topological polar surface area (TPSA) is 76.0 Å². The Morgan fingerprint density at radius 1 is 0.897 bits per heavy atom. The van der Waals surface area contributed by atoms with Crippen LogP contribution in [0.3, 0.4) is 0 Å². The first-order valence-corrected chi connectivity index (χ1v) is 10.4. The average molecular weight is 421 g/mol. The van der Waals surface area contributed by atoms with Crippen LogP contribution in [0.2, 0.25) is 0 Å². The minimum atomic E-state index is -0.125. The number of hydrogen-bond donors (Lipinski definition) is 2. The summed E-state index contributed by atoms with van der Waals surface area (Å²) >= 11 is 0. The minimum absolute atomic E-state index is 0.0616. The van der Waals surface area contributed by atoms with E-state index in [0.717, 1.165) is 26.1 Å². The summed E-state index contributed by atoms with van der Waals surface area (Å²) in [5.41, 5.74) is 0. The molecule has 0 amide bonds. The van der Waals surface area contributed by atoms with E-state index in [9.17, 15) is 4.79 Å². The summed E-state index contributed by atoms with van der Waals surface area (Å²) in [6.07, 6.45) is 7.85. The molecular weight excluding hydrogens is 368 g/mol. The lowest BCUT2D eigenvalue weighted by Crippen LogP contribution is -2.08. The van der Waals surface area contributed by atoms with Crippen LogP contribution in [0.25, 0.3) is 0 Å². The molecule has 0 radical (unpaired) electrons. The summed E-state index contributed by atoms with van der Waals surface area (Å²) in [6, 6.07) is 0. The first kappa shape index (κ1) is 41.8. The van der Waals surface area contributed by atoms with Gasteiger partial charge in [0.25, 0.3) is 0 Å². The summed E-state index contributed by atoms with van der Waals surface area (Å²) in [5, 5.41) is 15.2. The van der Waals surface area contributed by atoms with E-state index in [1.807, 2.05) is 48.5 Å². The third kappa shape index (κ3) is 144. The Labute approximate surface area is 182 Å². The largest absolute Gasteiger partial charge is 0.466 e. The van der Waals surface area contributed by atoms with Crippen LogP contribution in [0.4, 0.5) is 0 Å². The molecule has 0 atom stereocenters. The van der Waals surface area contributed by atoms with Crippen LogP contribution in [0, 0.1) is 5.92 Å². The van der Waals surface area contributed by atoms with Crippen molar-refractivity contribution in [3.8, 4) is 0 Å². The molecule has 29 heavy (non-hydrogen) atoms. The number of esters is 1. The van der Waals surface area contributed by atoms with Crippen molar-refractivity contribution in [3.05, 3.63) is 38.0 Å². The Balaban J connectivity index is -0.0000000617. The molecule has 2 N–H and O–H groups in total. The summed E-state index contributed by atoms with van der Waals surface area (Å²) in [5.74, 6) is 0.345. The normalized spacial score (nSPS) is 7.69. The maximum absolute atomic E-state index is 10.9. The van der Waals surface area contributed by atoms with Crippen LogP contribution in [0.15, 0.2) is 38.0 Å². The van der Waals surface area contributed by atoms with Gasteiger partial charge in [0.05, 0.1) is 19.8 Å². The summed E-state index contributed by atoms with van der Waals surface area (Å²) in [7, 11) is 0. The number of carbonyl (C=O) groups is 1. The Morgan fingerprint density at radius 3 is 1.41 bits per heavy atom. The number of hydrogen-bond acceptors (Lipinski definition) is 5. The van der Waals surface area contributed by atoms with Gasteiger partial charge in [-0.15, -0.1) is 19.7 Å². The number of rotatable bonds is 8. The van der Waals surface area contributed by atoms with E-state index >= 15 is 0 Å². The fourth-order valence-corrected chi connectivity index (χ4v) is 0.927.